The van der Waals surface area contributed by atoms with E-state index in [0.29, 0.717) is 29.6 Å². The molecule has 1 aliphatic carbocycles. The van der Waals surface area contributed by atoms with E-state index in [2.05, 4.69) is 15.5 Å². The van der Waals surface area contributed by atoms with Gasteiger partial charge in [0.15, 0.2) is 0 Å². The number of amides is 4. The molecule has 5 aliphatic rings. The van der Waals surface area contributed by atoms with Gasteiger partial charge in [0.2, 0.25) is 11.8 Å². The molecule has 4 heterocycles. The van der Waals surface area contributed by atoms with E-state index in [1.165, 1.54) is 0 Å². The van der Waals surface area contributed by atoms with Gasteiger partial charge in [-0.3, -0.25) is 29.4 Å². The van der Waals surface area contributed by atoms with Crippen molar-refractivity contribution in [3.05, 3.63) is 28.8 Å². The van der Waals surface area contributed by atoms with Crippen LogP contribution in [0.3, 0.4) is 0 Å². The first kappa shape index (κ1) is 32.7. The van der Waals surface area contributed by atoms with Crippen molar-refractivity contribution in [2.24, 2.45) is 0 Å². The zero-order valence-corrected chi connectivity index (χ0v) is 25.9. The second-order valence-corrected chi connectivity index (χ2v) is 12.2. The number of halogens is 2. The minimum atomic E-state index is -0.976. The van der Waals surface area contributed by atoms with Crippen LogP contribution in [0.15, 0.2) is 12.1 Å². The molecule has 1 atom stereocenters. The fraction of sp³-hybridized carbons (Fsp3) is 0.667. The molecule has 0 spiro atoms. The van der Waals surface area contributed by atoms with Crippen LogP contribution in [0.4, 0.5) is 0 Å². The Morgan fingerprint density at radius 1 is 0.857 bits per heavy atom. The summed E-state index contributed by atoms with van der Waals surface area (Å²) in [5, 5.41) is 5.65. The van der Waals surface area contributed by atoms with Crippen LogP contribution in [-0.2, 0) is 14.3 Å². The van der Waals surface area contributed by atoms with Gasteiger partial charge in [0, 0.05) is 12.5 Å². The molecule has 6 rings (SSSR count). The van der Waals surface area contributed by atoms with Crippen molar-refractivity contribution in [1.82, 2.24) is 20.4 Å². The van der Waals surface area contributed by atoms with E-state index in [0.717, 1.165) is 75.2 Å². The number of imide groups is 2. The average Bonchev–Trinajstić information content (AvgIpc) is 3.15. The van der Waals surface area contributed by atoms with Gasteiger partial charge in [-0.05, 0) is 109 Å². The fourth-order valence-corrected chi connectivity index (χ4v) is 6.92. The number of nitrogens with zero attached hydrogens (tertiary/aromatic N) is 2. The minimum Gasteiger partial charge on any atom is -0.491 e. The predicted molar refractivity (Wildman–Crippen MR) is 161 cm³/mol. The summed E-state index contributed by atoms with van der Waals surface area (Å²) in [4.78, 5) is 54.5. The van der Waals surface area contributed by atoms with Gasteiger partial charge < -0.3 is 19.7 Å². The van der Waals surface area contributed by atoms with Crippen molar-refractivity contribution >= 4 is 48.4 Å². The highest BCUT2D eigenvalue weighted by molar-refractivity contribution is 6.23. The molecule has 1 saturated carbocycles. The first-order valence-corrected chi connectivity index (χ1v) is 14.9. The molecule has 10 nitrogen and oxygen atoms in total. The van der Waals surface area contributed by atoms with Crippen molar-refractivity contribution in [2.75, 3.05) is 26.2 Å². The third-order valence-electron chi connectivity index (χ3n) is 9.16. The molecule has 3 saturated heterocycles. The molecule has 232 valence electrons. The molecular weight excluding hydrogens is 583 g/mol. The summed E-state index contributed by atoms with van der Waals surface area (Å²) in [5.41, 5.74) is 1.54. The van der Waals surface area contributed by atoms with Gasteiger partial charge in [-0.2, -0.15) is 0 Å². The highest BCUT2D eigenvalue weighted by Gasteiger charge is 2.46. The van der Waals surface area contributed by atoms with E-state index in [1.54, 1.807) is 6.07 Å². The van der Waals surface area contributed by atoms with Gasteiger partial charge in [0.25, 0.3) is 11.8 Å². The second kappa shape index (κ2) is 13.6. The lowest BCUT2D eigenvalue weighted by molar-refractivity contribution is -0.136. The Morgan fingerprint density at radius 3 is 2.12 bits per heavy atom. The maximum absolute atomic E-state index is 13.4. The van der Waals surface area contributed by atoms with E-state index in [4.69, 9.17) is 9.47 Å². The molecular formula is C30H42Cl2N4O6. The highest BCUT2D eigenvalue weighted by atomic mass is 35.5. The van der Waals surface area contributed by atoms with Crippen molar-refractivity contribution < 1.29 is 28.7 Å². The fourth-order valence-electron chi connectivity index (χ4n) is 6.92. The molecule has 2 N–H and O–H groups in total. The summed E-state index contributed by atoms with van der Waals surface area (Å²) in [6, 6.07) is 3.11. The normalized spacial score (nSPS) is 27.2. The van der Waals surface area contributed by atoms with Crippen molar-refractivity contribution in [3.63, 3.8) is 0 Å². The zero-order chi connectivity index (χ0) is 28.0. The second-order valence-electron chi connectivity index (χ2n) is 12.2. The Kier molecular flexibility index (Phi) is 10.6. The van der Waals surface area contributed by atoms with Crippen LogP contribution in [0.25, 0.3) is 0 Å². The summed E-state index contributed by atoms with van der Waals surface area (Å²) < 4.78 is 12.5. The Bertz CT molecular complexity index is 1190. The lowest BCUT2D eigenvalue weighted by Gasteiger charge is -2.46. The molecule has 4 amide bonds. The van der Waals surface area contributed by atoms with Crippen LogP contribution in [0.5, 0.6) is 5.75 Å². The van der Waals surface area contributed by atoms with Gasteiger partial charge in [0.1, 0.15) is 11.8 Å². The number of ether oxygens (including phenoxy) is 2. The van der Waals surface area contributed by atoms with Gasteiger partial charge in [0.05, 0.1) is 29.4 Å². The van der Waals surface area contributed by atoms with Gasteiger partial charge in [-0.25, -0.2) is 0 Å². The molecule has 42 heavy (non-hydrogen) atoms. The number of likely N-dealkylation sites (tertiary alicyclic amines) is 1. The predicted octanol–water partition coefficient (Wildman–Crippen LogP) is 3.20. The lowest BCUT2D eigenvalue weighted by atomic mass is 9.82. The summed E-state index contributed by atoms with van der Waals surface area (Å²) in [6.45, 7) is 7.94. The number of carbonyl (C=O) groups excluding carboxylic acids is 4. The number of benzene rings is 1. The smallest absolute Gasteiger partial charge is 0.262 e. The Morgan fingerprint density at radius 2 is 1.50 bits per heavy atom. The molecule has 0 aromatic heterocycles. The molecule has 4 fully saturated rings. The molecule has 0 bridgehead atoms. The molecule has 4 aliphatic heterocycles. The first-order valence-electron chi connectivity index (χ1n) is 14.9. The highest BCUT2D eigenvalue weighted by Crippen LogP contribution is 2.41. The topological polar surface area (TPSA) is 117 Å². The monoisotopic (exact) mass is 624 g/mol. The zero-order valence-electron chi connectivity index (χ0n) is 24.3. The maximum Gasteiger partial charge on any atom is 0.262 e. The van der Waals surface area contributed by atoms with Crippen molar-refractivity contribution in [3.8, 4) is 5.75 Å². The van der Waals surface area contributed by atoms with Gasteiger partial charge in [-0.15, -0.1) is 24.8 Å². The number of nitrogens with one attached hydrogen (secondary N) is 2. The Labute approximate surface area is 259 Å². The quantitative estimate of drug-likeness (QED) is 0.444. The van der Waals surface area contributed by atoms with Crippen LogP contribution < -0.4 is 15.4 Å². The molecule has 1 aromatic carbocycles. The van der Waals surface area contributed by atoms with Gasteiger partial charge in [-0.1, -0.05) is 0 Å². The first-order chi connectivity index (χ1) is 19.3. The SMILES string of the molecule is CC(C)Oc1cc2c(cc1C1CCN(C3CC(OC4CCNCC4)C3)CC1)C(=O)N(C1CCC(=O)NC1=O)C2=O.Cl.Cl. The standard InChI is InChI=1S/C30H40N4O6.2ClH/c1-17(2)39-26-16-24-23(29(37)34(30(24)38)25-3-4-27(35)32-28(25)36)15-22(26)18-7-11-33(12-8-18)19-13-21(14-19)40-20-5-9-31-10-6-20;;/h15-21,25,31H,3-14H2,1-2H3,(H,32,35,36);2*1H. The molecule has 1 aromatic rings. The summed E-state index contributed by atoms with van der Waals surface area (Å²) in [7, 11) is 0. The van der Waals surface area contributed by atoms with Crippen molar-refractivity contribution in [1.29, 1.82) is 0 Å². The summed E-state index contributed by atoms with van der Waals surface area (Å²) >= 11 is 0. The minimum absolute atomic E-state index is 0. The van der Waals surface area contributed by atoms with Crippen LogP contribution in [0.1, 0.15) is 97.4 Å². The van der Waals surface area contributed by atoms with E-state index in [-0.39, 0.29) is 61.1 Å². The third-order valence-corrected chi connectivity index (χ3v) is 9.16. The Hall–Kier alpha value is -2.24. The van der Waals surface area contributed by atoms with E-state index in [9.17, 15) is 19.2 Å². The van der Waals surface area contributed by atoms with E-state index in [1.807, 2.05) is 19.9 Å². The number of hydrogen-bond acceptors (Lipinski definition) is 8. The van der Waals surface area contributed by atoms with Crippen molar-refractivity contribution in [2.45, 2.75) is 102 Å². The molecule has 0 radical (unpaired) electrons. The Balaban J connectivity index is 0.00000202. The maximum atomic E-state index is 13.4. The largest absolute Gasteiger partial charge is 0.491 e. The lowest BCUT2D eigenvalue weighted by Crippen LogP contribution is -2.54. The third kappa shape index (κ3) is 6.48. The molecule has 1 unspecified atom stereocenters. The van der Waals surface area contributed by atoms with Crippen LogP contribution in [0.2, 0.25) is 0 Å². The summed E-state index contributed by atoms with van der Waals surface area (Å²) in [6.07, 6.45) is 7.23. The number of piperidine rings is 3. The van der Waals surface area contributed by atoms with Crippen LogP contribution in [0, 0.1) is 0 Å². The number of fused-ring (bicyclic) bond motifs is 1. The van der Waals surface area contributed by atoms with Crippen LogP contribution >= 0.6 is 24.8 Å². The molecule has 12 heteroatoms. The number of rotatable bonds is 7. The number of carbonyl (C=O) groups is 4. The average molecular weight is 626 g/mol. The van der Waals surface area contributed by atoms with E-state index >= 15 is 0 Å². The van der Waals surface area contributed by atoms with Crippen LogP contribution in [-0.4, -0.2) is 90.0 Å². The van der Waals surface area contributed by atoms with Gasteiger partial charge >= 0.3 is 0 Å². The number of hydrogen-bond donors (Lipinski definition) is 2. The van der Waals surface area contributed by atoms with E-state index < -0.39 is 23.8 Å². The summed E-state index contributed by atoms with van der Waals surface area (Å²) in [5.74, 6) is -1.11.